The molecule has 33 heavy (non-hydrogen) atoms. The molecule has 1 aromatic heterocycles. The van der Waals surface area contributed by atoms with E-state index in [1.165, 1.54) is 18.4 Å². The first-order valence-electron chi connectivity index (χ1n) is 11.0. The third kappa shape index (κ3) is 4.50. The van der Waals surface area contributed by atoms with E-state index in [1.54, 1.807) is 35.1 Å². The Balaban J connectivity index is 1.37. The number of anilines is 1. The molecule has 7 nitrogen and oxygen atoms in total. The predicted octanol–water partition coefficient (Wildman–Crippen LogP) is 5.44. The van der Waals surface area contributed by atoms with Crippen molar-refractivity contribution in [3.8, 4) is 17.2 Å². The van der Waals surface area contributed by atoms with Crippen molar-refractivity contribution in [1.29, 1.82) is 0 Å². The molecule has 3 aromatic carbocycles. The number of aromatic nitrogens is 3. The number of carbonyl (C=O) groups is 1. The molecule has 2 heterocycles. The minimum absolute atomic E-state index is 0.303. The van der Waals surface area contributed by atoms with Crippen LogP contribution in [0.15, 0.2) is 54.6 Å². The van der Waals surface area contributed by atoms with Crippen LogP contribution < -0.4 is 14.8 Å². The first-order valence-corrected chi connectivity index (χ1v) is 11.4. The van der Waals surface area contributed by atoms with Crippen molar-refractivity contribution in [2.75, 3.05) is 18.5 Å². The van der Waals surface area contributed by atoms with Crippen LogP contribution in [0.2, 0.25) is 5.02 Å². The van der Waals surface area contributed by atoms with E-state index in [2.05, 4.69) is 34.6 Å². The van der Waals surface area contributed by atoms with E-state index >= 15 is 0 Å². The summed E-state index contributed by atoms with van der Waals surface area (Å²) in [5.74, 6) is 0.884. The van der Waals surface area contributed by atoms with Gasteiger partial charge in [-0.1, -0.05) is 37.1 Å². The summed E-state index contributed by atoms with van der Waals surface area (Å²) in [6.07, 6.45) is 3.40. The van der Waals surface area contributed by atoms with E-state index < -0.39 is 0 Å². The number of aryl methyl sites for hydroxylation is 1. The van der Waals surface area contributed by atoms with E-state index in [4.69, 9.17) is 21.1 Å². The number of hydrogen-bond donors (Lipinski definition) is 1. The number of halogens is 1. The highest BCUT2D eigenvalue weighted by Crippen LogP contribution is 2.32. The maximum atomic E-state index is 12.8. The molecule has 1 aliphatic rings. The number of nitrogens with one attached hydrogen (secondary N) is 1. The smallest absolute Gasteiger partial charge is 0.255 e. The summed E-state index contributed by atoms with van der Waals surface area (Å²) in [6.45, 7) is 3.14. The fourth-order valence-corrected chi connectivity index (χ4v) is 3.91. The normalized spacial score (nSPS) is 12.7. The summed E-state index contributed by atoms with van der Waals surface area (Å²) < 4.78 is 11.1. The summed E-state index contributed by atoms with van der Waals surface area (Å²) in [7, 11) is 0. The molecule has 0 saturated carbocycles. The SMILES string of the molecule is CCCCc1ccc(-n2nc3cc(Cl)c(NC(=O)c4ccc5c(c4)OCCO5)cc3n2)cc1. The first kappa shape index (κ1) is 21.3. The Morgan fingerprint density at radius 2 is 1.73 bits per heavy atom. The van der Waals surface area contributed by atoms with Gasteiger partial charge in [-0.3, -0.25) is 4.79 Å². The van der Waals surface area contributed by atoms with Crippen LogP contribution in [0, 0.1) is 0 Å². The third-order valence-corrected chi connectivity index (χ3v) is 5.82. The molecular formula is C25H23ClN4O3. The predicted molar refractivity (Wildman–Crippen MR) is 128 cm³/mol. The standard InChI is InChI=1S/C25H23ClN4O3/c1-2-3-4-16-5-8-18(9-6-16)30-28-21-14-19(26)20(15-22(21)29-30)27-25(31)17-7-10-23-24(13-17)33-12-11-32-23/h5-10,13-15H,2-4,11-12H2,1H3,(H,27,31). The van der Waals surface area contributed by atoms with E-state index in [1.807, 2.05) is 12.1 Å². The van der Waals surface area contributed by atoms with Gasteiger partial charge in [-0.25, -0.2) is 0 Å². The molecular weight excluding hydrogens is 440 g/mol. The summed E-state index contributed by atoms with van der Waals surface area (Å²) in [4.78, 5) is 14.4. The maximum Gasteiger partial charge on any atom is 0.255 e. The van der Waals surface area contributed by atoms with Crippen LogP contribution in [0.4, 0.5) is 5.69 Å². The molecule has 5 rings (SSSR count). The summed E-state index contributed by atoms with van der Waals surface area (Å²) in [6, 6.07) is 16.7. The molecule has 8 heteroatoms. The zero-order valence-electron chi connectivity index (χ0n) is 18.2. The van der Waals surface area contributed by atoms with Gasteiger partial charge in [0.25, 0.3) is 5.91 Å². The number of amides is 1. The highest BCUT2D eigenvalue weighted by Gasteiger charge is 2.17. The largest absolute Gasteiger partial charge is 0.486 e. The van der Waals surface area contributed by atoms with Crippen molar-refractivity contribution >= 4 is 34.2 Å². The lowest BCUT2D eigenvalue weighted by atomic mass is 10.1. The molecule has 1 aliphatic heterocycles. The number of fused-ring (bicyclic) bond motifs is 2. The van der Waals surface area contributed by atoms with Gasteiger partial charge in [-0.2, -0.15) is 4.80 Å². The van der Waals surface area contributed by atoms with Crippen molar-refractivity contribution in [3.63, 3.8) is 0 Å². The van der Waals surface area contributed by atoms with Crippen molar-refractivity contribution in [1.82, 2.24) is 15.0 Å². The van der Waals surface area contributed by atoms with Crippen LogP contribution in [0.25, 0.3) is 16.7 Å². The molecule has 0 radical (unpaired) electrons. The average molecular weight is 463 g/mol. The topological polar surface area (TPSA) is 78.3 Å². The second-order valence-electron chi connectivity index (χ2n) is 7.89. The van der Waals surface area contributed by atoms with Crippen LogP contribution in [0.5, 0.6) is 11.5 Å². The molecule has 0 bridgehead atoms. The number of nitrogens with zero attached hydrogens (tertiary/aromatic N) is 3. The molecule has 0 fully saturated rings. The van der Waals surface area contributed by atoms with Crippen LogP contribution in [0.1, 0.15) is 35.7 Å². The van der Waals surface area contributed by atoms with Crippen LogP contribution >= 0.6 is 11.6 Å². The Morgan fingerprint density at radius 3 is 2.48 bits per heavy atom. The van der Waals surface area contributed by atoms with Crippen molar-refractivity contribution in [2.24, 2.45) is 0 Å². The van der Waals surface area contributed by atoms with Gasteiger partial charge in [0.1, 0.15) is 24.2 Å². The minimum Gasteiger partial charge on any atom is -0.486 e. The zero-order valence-corrected chi connectivity index (χ0v) is 18.9. The first-order chi connectivity index (χ1) is 16.1. The summed E-state index contributed by atoms with van der Waals surface area (Å²) in [5, 5.41) is 12.4. The lowest BCUT2D eigenvalue weighted by Crippen LogP contribution is -2.17. The Bertz CT molecular complexity index is 1320. The Kier molecular flexibility index (Phi) is 5.88. The van der Waals surface area contributed by atoms with Gasteiger partial charge in [-0.15, -0.1) is 10.2 Å². The third-order valence-electron chi connectivity index (χ3n) is 5.51. The van der Waals surface area contributed by atoms with Crippen molar-refractivity contribution in [2.45, 2.75) is 26.2 Å². The van der Waals surface area contributed by atoms with Crippen LogP contribution in [-0.4, -0.2) is 34.1 Å². The highest BCUT2D eigenvalue weighted by atomic mass is 35.5. The summed E-state index contributed by atoms with van der Waals surface area (Å²) in [5.41, 5.74) is 4.35. The van der Waals surface area contributed by atoms with E-state index in [0.717, 1.165) is 12.1 Å². The van der Waals surface area contributed by atoms with Crippen LogP contribution in [-0.2, 0) is 6.42 Å². The monoisotopic (exact) mass is 462 g/mol. The molecule has 4 aromatic rings. The number of benzene rings is 3. The second-order valence-corrected chi connectivity index (χ2v) is 8.30. The Hall–Kier alpha value is -3.58. The van der Waals surface area contributed by atoms with Gasteiger partial charge in [0.2, 0.25) is 0 Å². The lowest BCUT2D eigenvalue weighted by molar-refractivity contribution is 0.102. The molecule has 168 valence electrons. The maximum absolute atomic E-state index is 12.8. The molecule has 0 atom stereocenters. The van der Waals surface area contributed by atoms with Crippen molar-refractivity contribution < 1.29 is 14.3 Å². The number of carbonyl (C=O) groups excluding carboxylic acids is 1. The Labute approximate surface area is 196 Å². The Morgan fingerprint density at radius 1 is 1.00 bits per heavy atom. The van der Waals surface area contributed by atoms with Gasteiger partial charge in [-0.05, 0) is 60.9 Å². The number of unbranched alkanes of at least 4 members (excludes halogenated alkanes) is 1. The number of rotatable bonds is 6. The van der Waals surface area contributed by atoms with Gasteiger partial charge in [0.15, 0.2) is 11.5 Å². The summed E-state index contributed by atoms with van der Waals surface area (Å²) >= 11 is 6.44. The molecule has 0 spiro atoms. The number of hydrogen-bond acceptors (Lipinski definition) is 5. The number of ether oxygens (including phenoxy) is 2. The lowest BCUT2D eigenvalue weighted by Gasteiger charge is -2.18. The van der Waals surface area contributed by atoms with E-state index in [0.29, 0.717) is 52.0 Å². The molecule has 1 N–H and O–H groups in total. The molecule has 0 aliphatic carbocycles. The second kappa shape index (κ2) is 9.11. The van der Waals surface area contributed by atoms with E-state index in [-0.39, 0.29) is 5.91 Å². The molecule has 0 saturated heterocycles. The fourth-order valence-electron chi connectivity index (χ4n) is 3.71. The van der Waals surface area contributed by atoms with E-state index in [9.17, 15) is 4.79 Å². The zero-order chi connectivity index (χ0) is 22.8. The van der Waals surface area contributed by atoms with Gasteiger partial charge >= 0.3 is 0 Å². The highest BCUT2D eigenvalue weighted by molar-refractivity contribution is 6.34. The van der Waals surface area contributed by atoms with Gasteiger partial charge < -0.3 is 14.8 Å². The van der Waals surface area contributed by atoms with Gasteiger partial charge in [0, 0.05) is 5.56 Å². The average Bonchev–Trinajstić information content (AvgIpc) is 3.25. The quantitative estimate of drug-likeness (QED) is 0.412. The fraction of sp³-hybridized carbons (Fsp3) is 0.240. The van der Waals surface area contributed by atoms with Crippen LogP contribution in [0.3, 0.4) is 0 Å². The molecule has 1 amide bonds. The van der Waals surface area contributed by atoms with Crippen molar-refractivity contribution in [3.05, 3.63) is 70.7 Å². The minimum atomic E-state index is -0.303. The van der Waals surface area contributed by atoms with Gasteiger partial charge in [0.05, 0.1) is 16.4 Å². The molecule has 0 unspecified atom stereocenters.